The fraction of sp³-hybridized carbons (Fsp3) is 0.350. The highest BCUT2D eigenvalue weighted by molar-refractivity contribution is 7.92. The van der Waals surface area contributed by atoms with Crippen LogP contribution in [0, 0.1) is 0 Å². The lowest BCUT2D eigenvalue weighted by Crippen LogP contribution is -2.25. The van der Waals surface area contributed by atoms with Gasteiger partial charge in [-0.15, -0.1) is 0 Å². The number of halogens is 3. The van der Waals surface area contributed by atoms with Crippen molar-refractivity contribution in [2.45, 2.75) is 24.9 Å². The number of carbonyl (C=O) groups is 2. The molecule has 0 aliphatic rings. The summed E-state index contributed by atoms with van der Waals surface area (Å²) in [5.74, 6) is -3.02. The number of aromatic nitrogens is 1. The number of carboxylic acid groups (broad SMARTS) is 2. The summed E-state index contributed by atoms with van der Waals surface area (Å²) in [4.78, 5) is 26.4. The van der Waals surface area contributed by atoms with Crippen LogP contribution in [0.3, 0.4) is 0 Å². The molecule has 1 heterocycles. The van der Waals surface area contributed by atoms with Crippen LogP contribution in [0.25, 0.3) is 0 Å². The minimum absolute atomic E-state index is 0.0445. The molecule has 15 heteroatoms. The van der Waals surface area contributed by atoms with Gasteiger partial charge in [-0.05, 0) is 32.0 Å². The molecule has 0 bridgehead atoms. The van der Waals surface area contributed by atoms with Gasteiger partial charge in [-0.2, -0.15) is 13.2 Å². The fourth-order valence-corrected chi connectivity index (χ4v) is 3.69. The minimum atomic E-state index is -5.08. The van der Waals surface area contributed by atoms with E-state index in [1.165, 1.54) is 44.7 Å². The second-order valence-corrected chi connectivity index (χ2v) is 8.18. The van der Waals surface area contributed by atoms with Gasteiger partial charge in [0, 0.05) is 19.2 Å². The molecule has 0 amide bonds. The van der Waals surface area contributed by atoms with E-state index in [0.29, 0.717) is 18.8 Å². The van der Waals surface area contributed by atoms with Gasteiger partial charge in [0.1, 0.15) is 11.4 Å². The number of pyridine rings is 1. The molecule has 0 atom stereocenters. The Labute approximate surface area is 199 Å². The number of alkyl halides is 3. The Morgan fingerprint density at radius 1 is 1.06 bits per heavy atom. The largest absolute Gasteiger partial charge is 0.493 e. The van der Waals surface area contributed by atoms with E-state index in [9.17, 15) is 31.5 Å². The summed E-state index contributed by atoms with van der Waals surface area (Å²) in [5, 5.41) is 16.6. The Bertz CT molecular complexity index is 1150. The zero-order chi connectivity index (χ0) is 27.0. The normalized spacial score (nSPS) is 11.1. The van der Waals surface area contributed by atoms with Gasteiger partial charge in [-0.1, -0.05) is 0 Å². The molecule has 0 radical (unpaired) electrons. The van der Waals surface area contributed by atoms with Crippen molar-refractivity contribution in [3.8, 4) is 11.5 Å². The zero-order valence-corrected chi connectivity index (χ0v) is 19.9. The molecule has 2 rings (SSSR count). The maximum absolute atomic E-state index is 12.7. The molecule has 2 aromatic rings. The Hall–Kier alpha value is -3.75. The number of aliphatic carboxylic acids is 1. The number of hydrogen-bond donors (Lipinski definition) is 3. The molecule has 0 unspecified atom stereocenters. The van der Waals surface area contributed by atoms with Crippen LogP contribution in [0.4, 0.5) is 24.7 Å². The number of rotatable bonds is 9. The molecule has 0 spiro atoms. The number of nitrogens with one attached hydrogen (secondary N) is 1. The lowest BCUT2D eigenvalue weighted by molar-refractivity contribution is -0.192. The zero-order valence-electron chi connectivity index (χ0n) is 19.1. The van der Waals surface area contributed by atoms with Crippen LogP contribution in [-0.2, 0) is 14.8 Å². The van der Waals surface area contributed by atoms with Crippen LogP contribution in [0.1, 0.15) is 24.2 Å². The Morgan fingerprint density at radius 2 is 1.60 bits per heavy atom. The van der Waals surface area contributed by atoms with E-state index in [0.717, 1.165) is 0 Å². The minimum Gasteiger partial charge on any atom is -0.493 e. The van der Waals surface area contributed by atoms with Crippen LogP contribution in [0.2, 0.25) is 0 Å². The van der Waals surface area contributed by atoms with Crippen molar-refractivity contribution in [1.29, 1.82) is 0 Å². The van der Waals surface area contributed by atoms with Crippen LogP contribution in [0.15, 0.2) is 35.4 Å². The van der Waals surface area contributed by atoms with Crippen molar-refractivity contribution < 1.29 is 50.9 Å². The second-order valence-electron chi connectivity index (χ2n) is 6.50. The molecule has 3 N–H and O–H groups in total. The van der Waals surface area contributed by atoms with E-state index in [1.807, 2.05) is 13.8 Å². The van der Waals surface area contributed by atoms with E-state index in [1.54, 1.807) is 4.90 Å². The molecule has 0 saturated heterocycles. The number of benzene rings is 1. The monoisotopic (exact) mass is 523 g/mol. The number of hydrogen-bond acceptors (Lipinski definition) is 8. The van der Waals surface area contributed by atoms with E-state index in [-0.39, 0.29) is 27.7 Å². The van der Waals surface area contributed by atoms with Crippen LogP contribution < -0.4 is 19.1 Å². The first-order valence-corrected chi connectivity index (χ1v) is 11.2. The molecule has 0 aliphatic carbocycles. The number of aromatic carboxylic acids is 1. The van der Waals surface area contributed by atoms with Gasteiger partial charge in [0.05, 0.1) is 31.0 Å². The molecule has 11 nitrogen and oxygen atoms in total. The molecular weight excluding hydrogens is 499 g/mol. The molecule has 0 aliphatic heterocycles. The summed E-state index contributed by atoms with van der Waals surface area (Å²) in [7, 11) is -1.14. The number of carboxylic acids is 2. The number of ether oxygens (including phenoxy) is 2. The number of anilines is 2. The SMILES string of the molecule is CCN(CC)c1ncc(NS(=O)(=O)c2ccc(OC)c(OC)c2)cc1C(=O)O.O=C(O)C(F)(F)F. The van der Waals surface area contributed by atoms with Gasteiger partial charge < -0.3 is 24.6 Å². The van der Waals surface area contributed by atoms with Gasteiger partial charge in [-0.25, -0.2) is 23.0 Å². The first kappa shape index (κ1) is 29.3. The Balaban J connectivity index is 0.000000762. The van der Waals surface area contributed by atoms with Gasteiger partial charge in [0.15, 0.2) is 11.5 Å². The van der Waals surface area contributed by atoms with E-state index in [2.05, 4.69) is 9.71 Å². The lowest BCUT2D eigenvalue weighted by Gasteiger charge is -2.22. The lowest BCUT2D eigenvalue weighted by atomic mass is 10.2. The third-order valence-electron chi connectivity index (χ3n) is 4.32. The quantitative estimate of drug-likeness (QED) is 0.446. The average molecular weight is 523 g/mol. The molecule has 1 aromatic heterocycles. The molecule has 1 aromatic carbocycles. The van der Waals surface area contributed by atoms with E-state index in [4.69, 9.17) is 19.4 Å². The summed E-state index contributed by atoms with van der Waals surface area (Å²) in [6.45, 7) is 4.90. The van der Waals surface area contributed by atoms with Crippen molar-refractivity contribution in [3.63, 3.8) is 0 Å². The molecular formula is C20H24F3N3O8S. The van der Waals surface area contributed by atoms with Gasteiger partial charge in [0.25, 0.3) is 10.0 Å². The number of sulfonamides is 1. The first-order valence-electron chi connectivity index (χ1n) is 9.74. The van der Waals surface area contributed by atoms with Gasteiger partial charge in [0.2, 0.25) is 0 Å². The standard InChI is InChI=1S/C18H23N3O6S.C2HF3O2/c1-5-21(6-2)17-14(18(22)23)9-12(11-19-17)20-28(24,25)13-7-8-15(26-3)16(10-13)27-4;3-2(4,5)1(6)7/h7-11,20H,5-6H2,1-4H3,(H,22,23);(H,6,7). The smallest absolute Gasteiger partial charge is 0.490 e. The van der Waals surface area contributed by atoms with E-state index >= 15 is 0 Å². The molecule has 0 fully saturated rings. The topological polar surface area (TPSA) is 155 Å². The van der Waals surface area contributed by atoms with Crippen LogP contribution >= 0.6 is 0 Å². The van der Waals surface area contributed by atoms with Crippen LogP contribution in [-0.4, -0.2) is 69.0 Å². The summed E-state index contributed by atoms with van der Waals surface area (Å²) in [6.07, 6.45) is -3.79. The highest BCUT2D eigenvalue weighted by atomic mass is 32.2. The van der Waals surface area contributed by atoms with Crippen molar-refractivity contribution >= 4 is 33.5 Å². The number of methoxy groups -OCH3 is 2. The Kier molecular flexibility index (Phi) is 10.1. The average Bonchev–Trinajstić information content (AvgIpc) is 2.79. The van der Waals surface area contributed by atoms with Crippen LogP contribution in [0.5, 0.6) is 11.5 Å². The molecule has 194 valence electrons. The van der Waals surface area contributed by atoms with Crippen molar-refractivity contribution in [2.24, 2.45) is 0 Å². The predicted octanol–water partition coefficient (Wildman–Crippen LogP) is 3.08. The maximum Gasteiger partial charge on any atom is 0.490 e. The van der Waals surface area contributed by atoms with Crippen molar-refractivity contribution in [3.05, 3.63) is 36.0 Å². The summed E-state index contributed by atoms with van der Waals surface area (Å²) >= 11 is 0. The van der Waals surface area contributed by atoms with E-state index < -0.39 is 28.1 Å². The fourth-order valence-electron chi connectivity index (χ4n) is 2.64. The van der Waals surface area contributed by atoms with Crippen molar-refractivity contribution in [1.82, 2.24) is 4.98 Å². The molecule has 0 saturated carbocycles. The maximum atomic E-state index is 12.7. The predicted molar refractivity (Wildman–Crippen MR) is 119 cm³/mol. The summed E-state index contributed by atoms with van der Waals surface area (Å²) < 4.78 is 69.7. The summed E-state index contributed by atoms with van der Waals surface area (Å²) in [6, 6.07) is 5.40. The van der Waals surface area contributed by atoms with Gasteiger partial charge >= 0.3 is 18.1 Å². The Morgan fingerprint density at radius 3 is 2.03 bits per heavy atom. The summed E-state index contributed by atoms with van der Waals surface area (Å²) in [5.41, 5.74) is -0.0423. The highest BCUT2D eigenvalue weighted by Gasteiger charge is 2.38. The number of nitrogens with zero attached hydrogens (tertiary/aromatic N) is 2. The van der Waals surface area contributed by atoms with Crippen molar-refractivity contribution in [2.75, 3.05) is 36.9 Å². The van der Waals surface area contributed by atoms with Gasteiger partial charge in [-0.3, -0.25) is 4.72 Å². The first-order chi connectivity index (χ1) is 16.2. The second kappa shape index (κ2) is 12.1. The third-order valence-corrected chi connectivity index (χ3v) is 5.70. The molecule has 35 heavy (non-hydrogen) atoms. The third kappa shape index (κ3) is 7.91. The highest BCUT2D eigenvalue weighted by Crippen LogP contribution is 2.30.